The summed E-state index contributed by atoms with van der Waals surface area (Å²) in [5.41, 5.74) is 2.11. The van der Waals surface area contributed by atoms with Gasteiger partial charge in [0.15, 0.2) is 5.78 Å². The van der Waals surface area contributed by atoms with E-state index in [-0.39, 0.29) is 5.92 Å². The first-order valence-electron chi connectivity index (χ1n) is 5.55. The lowest BCUT2D eigenvalue weighted by molar-refractivity contribution is 0.0877. The normalized spacial score (nSPS) is 20.0. The Hall–Kier alpha value is -0.670. The molecule has 0 fully saturated rings. The van der Waals surface area contributed by atoms with Gasteiger partial charge >= 0.3 is 0 Å². The lowest BCUT2D eigenvalue weighted by Gasteiger charge is -2.25. The minimum absolute atomic E-state index is 0.164. The standard InChI is InChI=1S/C13H16BrNO/c1-15(2)8-10-4-3-9-5-6-11(14)7-12(9)13(10)16/h5-7,10H,3-4,8H2,1-2H3/t10-/m0/s1. The van der Waals surface area contributed by atoms with Crippen molar-refractivity contribution in [1.29, 1.82) is 0 Å². The van der Waals surface area contributed by atoms with Gasteiger partial charge in [0.1, 0.15) is 0 Å². The first kappa shape index (κ1) is 11.8. The third kappa shape index (κ3) is 2.36. The minimum atomic E-state index is 0.164. The summed E-state index contributed by atoms with van der Waals surface area (Å²) in [5, 5.41) is 0. The summed E-state index contributed by atoms with van der Waals surface area (Å²) in [5.74, 6) is 0.466. The van der Waals surface area contributed by atoms with Crippen LogP contribution in [0.15, 0.2) is 22.7 Å². The summed E-state index contributed by atoms with van der Waals surface area (Å²) < 4.78 is 0.991. The van der Waals surface area contributed by atoms with E-state index in [9.17, 15) is 4.79 Å². The van der Waals surface area contributed by atoms with Crippen LogP contribution < -0.4 is 0 Å². The highest BCUT2D eigenvalue weighted by Crippen LogP contribution is 2.28. The third-order valence-electron chi connectivity index (χ3n) is 3.06. The van der Waals surface area contributed by atoms with Crippen molar-refractivity contribution in [1.82, 2.24) is 4.90 Å². The number of benzene rings is 1. The molecule has 0 saturated carbocycles. The van der Waals surface area contributed by atoms with Crippen LogP contribution >= 0.6 is 15.9 Å². The summed E-state index contributed by atoms with van der Waals surface area (Å²) >= 11 is 3.43. The van der Waals surface area contributed by atoms with Crippen molar-refractivity contribution in [2.24, 2.45) is 5.92 Å². The quantitative estimate of drug-likeness (QED) is 0.831. The van der Waals surface area contributed by atoms with E-state index in [1.165, 1.54) is 5.56 Å². The molecule has 0 heterocycles. The highest BCUT2D eigenvalue weighted by molar-refractivity contribution is 9.10. The number of fused-ring (bicyclic) bond motifs is 1. The zero-order valence-electron chi connectivity index (χ0n) is 9.66. The van der Waals surface area contributed by atoms with Crippen LogP contribution in [0.25, 0.3) is 0 Å². The molecule has 2 nitrogen and oxygen atoms in total. The smallest absolute Gasteiger partial charge is 0.167 e. The number of carbonyl (C=O) groups excluding carboxylic acids is 1. The van der Waals surface area contributed by atoms with Crippen molar-refractivity contribution in [3.05, 3.63) is 33.8 Å². The summed E-state index contributed by atoms with van der Waals surface area (Å²) in [6, 6.07) is 6.03. The molecule has 0 amide bonds. The summed E-state index contributed by atoms with van der Waals surface area (Å²) in [7, 11) is 4.04. The van der Waals surface area contributed by atoms with Gasteiger partial charge in [-0.15, -0.1) is 0 Å². The lowest BCUT2D eigenvalue weighted by Crippen LogP contribution is -2.31. The fourth-order valence-electron chi connectivity index (χ4n) is 2.29. The zero-order valence-corrected chi connectivity index (χ0v) is 11.3. The van der Waals surface area contributed by atoms with Gasteiger partial charge in [-0.05, 0) is 44.6 Å². The van der Waals surface area contributed by atoms with E-state index in [1.54, 1.807) is 0 Å². The number of rotatable bonds is 2. The van der Waals surface area contributed by atoms with E-state index in [0.29, 0.717) is 5.78 Å². The van der Waals surface area contributed by atoms with Crippen LogP contribution in [0.2, 0.25) is 0 Å². The molecule has 1 aromatic rings. The second-order valence-corrected chi connectivity index (χ2v) is 5.58. The van der Waals surface area contributed by atoms with Gasteiger partial charge in [-0.1, -0.05) is 22.0 Å². The number of Topliss-reactive ketones (excluding diaryl/α,β-unsaturated/α-hetero) is 1. The summed E-state index contributed by atoms with van der Waals surface area (Å²) in [6.07, 6.45) is 2.00. The zero-order chi connectivity index (χ0) is 11.7. The van der Waals surface area contributed by atoms with Gasteiger partial charge in [0.2, 0.25) is 0 Å². The average molecular weight is 282 g/mol. The number of ketones is 1. The van der Waals surface area contributed by atoms with Crippen LogP contribution in [-0.2, 0) is 6.42 Å². The molecule has 1 aromatic carbocycles. The maximum Gasteiger partial charge on any atom is 0.167 e. The van der Waals surface area contributed by atoms with Gasteiger partial charge in [-0.25, -0.2) is 0 Å². The van der Waals surface area contributed by atoms with Crippen molar-refractivity contribution in [3.63, 3.8) is 0 Å². The Kier molecular flexibility index (Phi) is 3.45. The molecule has 16 heavy (non-hydrogen) atoms. The third-order valence-corrected chi connectivity index (χ3v) is 3.55. The average Bonchev–Trinajstić information content (AvgIpc) is 2.22. The van der Waals surface area contributed by atoms with E-state index in [1.807, 2.05) is 26.2 Å². The Balaban J connectivity index is 2.27. The molecule has 3 heteroatoms. The van der Waals surface area contributed by atoms with E-state index in [4.69, 9.17) is 0 Å². The molecule has 2 rings (SSSR count). The Labute approximate surface area is 105 Å². The molecule has 86 valence electrons. The largest absolute Gasteiger partial charge is 0.309 e. The Morgan fingerprint density at radius 2 is 2.19 bits per heavy atom. The second-order valence-electron chi connectivity index (χ2n) is 4.66. The molecule has 0 radical (unpaired) electrons. The van der Waals surface area contributed by atoms with Gasteiger partial charge in [-0.2, -0.15) is 0 Å². The maximum atomic E-state index is 12.3. The van der Waals surface area contributed by atoms with Crippen LogP contribution in [0.4, 0.5) is 0 Å². The van der Waals surface area contributed by atoms with Crippen LogP contribution in [0.1, 0.15) is 22.3 Å². The molecule has 0 bridgehead atoms. The van der Waals surface area contributed by atoms with E-state index < -0.39 is 0 Å². The van der Waals surface area contributed by atoms with Gasteiger partial charge in [0, 0.05) is 22.5 Å². The van der Waals surface area contributed by atoms with Crippen molar-refractivity contribution >= 4 is 21.7 Å². The molecule has 0 aromatic heterocycles. The fraction of sp³-hybridized carbons (Fsp3) is 0.462. The molecule has 1 aliphatic carbocycles. The molecular weight excluding hydrogens is 266 g/mol. The topological polar surface area (TPSA) is 20.3 Å². The minimum Gasteiger partial charge on any atom is -0.309 e. The van der Waals surface area contributed by atoms with E-state index in [0.717, 1.165) is 29.4 Å². The van der Waals surface area contributed by atoms with E-state index >= 15 is 0 Å². The van der Waals surface area contributed by atoms with Crippen LogP contribution in [0.3, 0.4) is 0 Å². The number of aryl methyl sites for hydroxylation is 1. The van der Waals surface area contributed by atoms with Crippen LogP contribution in [0, 0.1) is 5.92 Å². The Bertz CT molecular complexity index is 414. The van der Waals surface area contributed by atoms with Crippen molar-refractivity contribution in [2.45, 2.75) is 12.8 Å². The second kappa shape index (κ2) is 4.68. The summed E-state index contributed by atoms with van der Waals surface area (Å²) in [4.78, 5) is 14.3. The Morgan fingerprint density at radius 1 is 1.44 bits per heavy atom. The maximum absolute atomic E-state index is 12.3. The molecule has 0 unspecified atom stereocenters. The monoisotopic (exact) mass is 281 g/mol. The number of hydrogen-bond donors (Lipinski definition) is 0. The molecule has 0 saturated heterocycles. The van der Waals surface area contributed by atoms with Crippen LogP contribution in [0.5, 0.6) is 0 Å². The number of halogens is 1. The first-order valence-corrected chi connectivity index (χ1v) is 6.34. The van der Waals surface area contributed by atoms with Crippen molar-refractivity contribution in [3.8, 4) is 0 Å². The molecule has 0 spiro atoms. The van der Waals surface area contributed by atoms with Crippen LogP contribution in [-0.4, -0.2) is 31.3 Å². The highest BCUT2D eigenvalue weighted by Gasteiger charge is 2.27. The SMILES string of the molecule is CN(C)C[C@@H]1CCc2ccc(Br)cc2C1=O. The van der Waals surface area contributed by atoms with Crippen molar-refractivity contribution in [2.75, 3.05) is 20.6 Å². The molecular formula is C13H16BrNO. The first-order chi connectivity index (χ1) is 7.58. The highest BCUT2D eigenvalue weighted by atomic mass is 79.9. The van der Waals surface area contributed by atoms with Gasteiger partial charge < -0.3 is 4.90 Å². The predicted octanol–water partition coefficient (Wildman–Crippen LogP) is 2.76. The van der Waals surface area contributed by atoms with Gasteiger partial charge in [0.05, 0.1) is 0 Å². The molecule has 1 atom stereocenters. The molecule has 1 aliphatic rings. The fourth-order valence-corrected chi connectivity index (χ4v) is 2.65. The number of hydrogen-bond acceptors (Lipinski definition) is 2. The molecule has 0 N–H and O–H groups in total. The van der Waals surface area contributed by atoms with Crippen molar-refractivity contribution < 1.29 is 4.79 Å². The number of carbonyl (C=O) groups is 1. The Morgan fingerprint density at radius 3 is 2.88 bits per heavy atom. The van der Waals surface area contributed by atoms with Gasteiger partial charge in [-0.3, -0.25) is 4.79 Å². The predicted molar refractivity (Wildman–Crippen MR) is 68.8 cm³/mol. The molecule has 0 aliphatic heterocycles. The van der Waals surface area contributed by atoms with Gasteiger partial charge in [0.25, 0.3) is 0 Å². The van der Waals surface area contributed by atoms with E-state index in [2.05, 4.69) is 26.9 Å². The summed E-state index contributed by atoms with van der Waals surface area (Å²) in [6.45, 7) is 0.852. The number of nitrogens with zero attached hydrogens (tertiary/aromatic N) is 1. The lowest BCUT2D eigenvalue weighted by atomic mass is 9.82.